The third-order valence-electron chi connectivity index (χ3n) is 5.77. The van der Waals surface area contributed by atoms with Crippen molar-refractivity contribution in [3.05, 3.63) is 65.2 Å². The van der Waals surface area contributed by atoms with Crippen LogP contribution in [0.4, 0.5) is 5.69 Å². The standard InChI is InChI=1S/C24H31N3OS2/c1-19-5-7-21(8-6-19)23-18-30-14-11-27(23)17-24(28)25-22-4-2-3-20(15-22)16-26-9-12-29-13-10-26/h2-8,15,23H,9-14,16-18H2,1H3,(H,25,28). The van der Waals surface area contributed by atoms with Crippen molar-refractivity contribution < 1.29 is 4.79 Å². The second-order valence-electron chi connectivity index (χ2n) is 8.11. The number of anilines is 1. The number of aryl methyl sites for hydroxylation is 1. The van der Waals surface area contributed by atoms with Crippen molar-refractivity contribution in [2.75, 3.05) is 54.5 Å². The van der Waals surface area contributed by atoms with Crippen molar-refractivity contribution in [3.63, 3.8) is 0 Å². The van der Waals surface area contributed by atoms with Crippen LogP contribution in [0.5, 0.6) is 0 Å². The number of nitrogens with zero attached hydrogens (tertiary/aromatic N) is 2. The van der Waals surface area contributed by atoms with Crippen LogP contribution in [0.15, 0.2) is 48.5 Å². The maximum Gasteiger partial charge on any atom is 0.238 e. The average molecular weight is 442 g/mol. The van der Waals surface area contributed by atoms with Gasteiger partial charge in [-0.3, -0.25) is 14.6 Å². The predicted molar refractivity (Wildman–Crippen MR) is 130 cm³/mol. The maximum absolute atomic E-state index is 12.8. The molecule has 0 aliphatic carbocycles. The van der Waals surface area contributed by atoms with Crippen LogP contribution in [-0.4, -0.2) is 64.9 Å². The summed E-state index contributed by atoms with van der Waals surface area (Å²) in [6, 6.07) is 17.4. The Morgan fingerprint density at radius 3 is 2.60 bits per heavy atom. The Morgan fingerprint density at radius 1 is 1.03 bits per heavy atom. The molecule has 2 aromatic carbocycles. The molecule has 1 N–H and O–H groups in total. The van der Waals surface area contributed by atoms with Gasteiger partial charge in [0.25, 0.3) is 0 Å². The summed E-state index contributed by atoms with van der Waals surface area (Å²) in [5.41, 5.74) is 4.76. The van der Waals surface area contributed by atoms with E-state index in [1.807, 2.05) is 29.6 Å². The fourth-order valence-electron chi connectivity index (χ4n) is 4.07. The Hall–Kier alpha value is -1.47. The van der Waals surface area contributed by atoms with Crippen LogP contribution >= 0.6 is 23.5 Å². The van der Waals surface area contributed by atoms with Crippen molar-refractivity contribution in [2.24, 2.45) is 0 Å². The molecule has 1 unspecified atom stereocenters. The molecule has 2 aliphatic heterocycles. The third-order valence-corrected chi connectivity index (χ3v) is 7.73. The number of thioether (sulfide) groups is 2. The van der Waals surface area contributed by atoms with Gasteiger partial charge in [0.1, 0.15) is 0 Å². The van der Waals surface area contributed by atoms with Crippen molar-refractivity contribution in [1.29, 1.82) is 0 Å². The Labute approximate surface area is 188 Å². The first kappa shape index (κ1) is 21.8. The zero-order chi connectivity index (χ0) is 20.8. The topological polar surface area (TPSA) is 35.6 Å². The molecule has 4 nitrogen and oxygen atoms in total. The van der Waals surface area contributed by atoms with Gasteiger partial charge >= 0.3 is 0 Å². The van der Waals surface area contributed by atoms with E-state index < -0.39 is 0 Å². The molecule has 4 rings (SSSR count). The van der Waals surface area contributed by atoms with Gasteiger partial charge in [0.2, 0.25) is 5.91 Å². The molecule has 1 amide bonds. The minimum Gasteiger partial charge on any atom is -0.325 e. The number of nitrogens with one attached hydrogen (secondary N) is 1. The molecule has 2 fully saturated rings. The molecule has 160 valence electrons. The van der Waals surface area contributed by atoms with E-state index in [1.165, 1.54) is 28.2 Å². The summed E-state index contributed by atoms with van der Waals surface area (Å²) in [7, 11) is 0. The Kier molecular flexibility index (Phi) is 7.77. The van der Waals surface area contributed by atoms with Crippen molar-refractivity contribution in [1.82, 2.24) is 9.80 Å². The molecule has 2 aliphatic rings. The van der Waals surface area contributed by atoms with Gasteiger partial charge in [-0.1, -0.05) is 42.0 Å². The van der Waals surface area contributed by atoms with E-state index in [-0.39, 0.29) is 5.91 Å². The molecular formula is C24H31N3OS2. The zero-order valence-corrected chi connectivity index (χ0v) is 19.3. The van der Waals surface area contributed by atoms with Gasteiger partial charge in [-0.15, -0.1) is 0 Å². The van der Waals surface area contributed by atoms with Crippen molar-refractivity contribution in [2.45, 2.75) is 19.5 Å². The van der Waals surface area contributed by atoms with Gasteiger partial charge in [0.15, 0.2) is 0 Å². The second-order valence-corrected chi connectivity index (χ2v) is 10.5. The molecule has 0 saturated carbocycles. The number of rotatable bonds is 6. The van der Waals surface area contributed by atoms with E-state index in [2.05, 4.69) is 64.5 Å². The highest BCUT2D eigenvalue weighted by atomic mass is 32.2. The predicted octanol–water partition coefficient (Wildman–Crippen LogP) is 4.27. The number of amides is 1. The summed E-state index contributed by atoms with van der Waals surface area (Å²) in [6.07, 6.45) is 0. The molecule has 2 aromatic rings. The second kappa shape index (κ2) is 10.7. The number of benzene rings is 2. The average Bonchev–Trinajstić information content (AvgIpc) is 2.76. The number of carbonyl (C=O) groups excluding carboxylic acids is 1. The smallest absolute Gasteiger partial charge is 0.238 e. The first-order valence-electron chi connectivity index (χ1n) is 10.7. The minimum absolute atomic E-state index is 0.0746. The summed E-state index contributed by atoms with van der Waals surface area (Å²) in [5, 5.41) is 3.14. The molecule has 2 saturated heterocycles. The van der Waals surface area contributed by atoms with E-state index in [9.17, 15) is 4.79 Å². The maximum atomic E-state index is 12.8. The molecule has 6 heteroatoms. The lowest BCUT2D eigenvalue weighted by molar-refractivity contribution is -0.117. The Balaban J connectivity index is 1.36. The summed E-state index contributed by atoms with van der Waals surface area (Å²) in [5.74, 6) is 4.63. The highest BCUT2D eigenvalue weighted by Crippen LogP contribution is 2.29. The van der Waals surface area contributed by atoms with Crippen LogP contribution in [-0.2, 0) is 11.3 Å². The number of hydrogen-bond donors (Lipinski definition) is 1. The fourth-order valence-corrected chi connectivity index (χ4v) is 6.21. The Bertz CT molecular complexity index is 837. The minimum atomic E-state index is 0.0746. The molecule has 0 spiro atoms. The van der Waals surface area contributed by atoms with Crippen molar-refractivity contribution in [3.8, 4) is 0 Å². The lowest BCUT2D eigenvalue weighted by Crippen LogP contribution is -2.41. The highest BCUT2D eigenvalue weighted by Gasteiger charge is 2.26. The summed E-state index contributed by atoms with van der Waals surface area (Å²) < 4.78 is 0. The van der Waals surface area contributed by atoms with E-state index in [4.69, 9.17) is 0 Å². The number of hydrogen-bond acceptors (Lipinski definition) is 5. The monoisotopic (exact) mass is 441 g/mol. The first-order valence-corrected chi connectivity index (χ1v) is 13.1. The van der Waals surface area contributed by atoms with Crippen LogP contribution in [0.25, 0.3) is 0 Å². The lowest BCUT2D eigenvalue weighted by Gasteiger charge is -2.35. The molecule has 0 radical (unpaired) electrons. The normalized spacial score (nSPS) is 20.8. The van der Waals surface area contributed by atoms with Gasteiger partial charge < -0.3 is 5.32 Å². The fraction of sp³-hybridized carbons (Fsp3) is 0.458. The number of carbonyl (C=O) groups is 1. The molecule has 0 bridgehead atoms. The highest BCUT2D eigenvalue weighted by molar-refractivity contribution is 7.99. The third kappa shape index (κ3) is 6.03. The van der Waals surface area contributed by atoms with Crippen LogP contribution in [0.1, 0.15) is 22.7 Å². The van der Waals surface area contributed by atoms with E-state index >= 15 is 0 Å². The quantitative estimate of drug-likeness (QED) is 0.724. The van der Waals surface area contributed by atoms with Crippen molar-refractivity contribution >= 4 is 35.1 Å². The van der Waals surface area contributed by atoms with Gasteiger partial charge in [-0.25, -0.2) is 0 Å². The molecule has 1 atom stereocenters. The summed E-state index contributed by atoms with van der Waals surface area (Å²) >= 11 is 4.01. The van der Waals surface area contributed by atoms with Crippen LogP contribution in [0, 0.1) is 6.92 Å². The largest absolute Gasteiger partial charge is 0.325 e. The van der Waals surface area contributed by atoms with Gasteiger partial charge in [0.05, 0.1) is 6.54 Å². The van der Waals surface area contributed by atoms with Gasteiger partial charge in [-0.05, 0) is 30.2 Å². The molecule has 30 heavy (non-hydrogen) atoms. The summed E-state index contributed by atoms with van der Waals surface area (Å²) in [6.45, 7) is 6.76. The van der Waals surface area contributed by atoms with Crippen LogP contribution in [0.2, 0.25) is 0 Å². The first-order chi connectivity index (χ1) is 14.7. The van der Waals surface area contributed by atoms with E-state index in [1.54, 1.807) is 0 Å². The zero-order valence-electron chi connectivity index (χ0n) is 17.7. The van der Waals surface area contributed by atoms with E-state index in [0.29, 0.717) is 12.6 Å². The Morgan fingerprint density at radius 2 is 1.80 bits per heavy atom. The SMILES string of the molecule is Cc1ccc(C2CSCCN2CC(=O)Nc2cccc(CN3CCSCC3)c2)cc1. The van der Waals surface area contributed by atoms with Crippen LogP contribution < -0.4 is 5.32 Å². The molecule has 2 heterocycles. The van der Waals surface area contributed by atoms with Gasteiger partial charge in [0, 0.05) is 60.9 Å². The van der Waals surface area contributed by atoms with Gasteiger partial charge in [-0.2, -0.15) is 23.5 Å². The lowest BCUT2D eigenvalue weighted by atomic mass is 10.0. The molecule has 0 aromatic heterocycles. The van der Waals surface area contributed by atoms with Crippen LogP contribution in [0.3, 0.4) is 0 Å². The van der Waals surface area contributed by atoms with E-state index in [0.717, 1.165) is 43.4 Å². The summed E-state index contributed by atoms with van der Waals surface area (Å²) in [4.78, 5) is 17.7. The molecular weight excluding hydrogens is 410 g/mol.